The van der Waals surface area contributed by atoms with E-state index in [0.717, 1.165) is 30.8 Å². The van der Waals surface area contributed by atoms with Crippen molar-refractivity contribution in [3.63, 3.8) is 0 Å². The molecule has 0 heterocycles. The van der Waals surface area contributed by atoms with Crippen LogP contribution in [0.3, 0.4) is 0 Å². The maximum atomic E-state index is 10.6. The lowest BCUT2D eigenvalue weighted by Crippen LogP contribution is -2.18. The molecule has 12 heavy (non-hydrogen) atoms. The van der Waals surface area contributed by atoms with Crippen LogP contribution in [-0.2, 0) is 10.8 Å². The van der Waals surface area contributed by atoms with Crippen LogP contribution in [0, 0.1) is 0 Å². The fourth-order valence-corrected chi connectivity index (χ4v) is 1.35. The van der Waals surface area contributed by atoms with Gasteiger partial charge in [-0.2, -0.15) is 0 Å². The predicted octanol–water partition coefficient (Wildman–Crippen LogP) is 1.49. The third-order valence-electron chi connectivity index (χ3n) is 1.38. The molecule has 0 saturated carbocycles. The lowest BCUT2D eigenvalue weighted by atomic mass is 10.3. The first-order valence-corrected chi connectivity index (χ1v) is 6.09. The highest BCUT2D eigenvalue weighted by atomic mass is 35.5. The Balaban J connectivity index is 3.16. The van der Waals surface area contributed by atoms with Crippen LogP contribution in [0.15, 0.2) is 11.1 Å². The number of rotatable bonds is 6. The minimum absolute atomic E-state index is 0.662. The molecule has 1 unspecified atom stereocenters. The second-order valence-electron chi connectivity index (χ2n) is 2.76. The minimum Gasteiger partial charge on any atom is -0.313 e. The Morgan fingerprint density at radius 2 is 2.33 bits per heavy atom. The van der Waals surface area contributed by atoms with E-state index < -0.39 is 10.8 Å². The highest BCUT2D eigenvalue weighted by Gasteiger charge is 1.91. The van der Waals surface area contributed by atoms with Gasteiger partial charge in [-0.1, -0.05) is 11.6 Å². The standard InChI is InChI=1S/C8H16ClNOS/c1-8(6-9)7-10-4-3-5-12(2)11/h6,10H,3-5,7H2,1-2H3. The van der Waals surface area contributed by atoms with E-state index in [1.165, 1.54) is 0 Å². The zero-order valence-corrected chi connectivity index (χ0v) is 9.17. The van der Waals surface area contributed by atoms with Crippen molar-refractivity contribution in [2.75, 3.05) is 25.1 Å². The summed E-state index contributed by atoms with van der Waals surface area (Å²) >= 11 is 5.46. The van der Waals surface area contributed by atoms with Crippen molar-refractivity contribution in [2.24, 2.45) is 0 Å². The van der Waals surface area contributed by atoms with Gasteiger partial charge in [0.15, 0.2) is 0 Å². The van der Waals surface area contributed by atoms with Gasteiger partial charge in [0.1, 0.15) is 0 Å². The molecule has 0 saturated heterocycles. The molecular formula is C8H16ClNOS. The molecule has 1 atom stereocenters. The van der Waals surface area contributed by atoms with Crippen LogP contribution in [0.2, 0.25) is 0 Å². The van der Waals surface area contributed by atoms with E-state index in [9.17, 15) is 4.21 Å². The van der Waals surface area contributed by atoms with Gasteiger partial charge in [0.05, 0.1) is 0 Å². The first-order chi connectivity index (χ1) is 5.66. The van der Waals surface area contributed by atoms with Crippen molar-refractivity contribution in [3.8, 4) is 0 Å². The Morgan fingerprint density at radius 1 is 1.67 bits per heavy atom. The van der Waals surface area contributed by atoms with E-state index in [2.05, 4.69) is 5.32 Å². The molecule has 1 N–H and O–H groups in total. The smallest absolute Gasteiger partial charge is 0.0244 e. The molecule has 0 spiro atoms. The third kappa shape index (κ3) is 8.24. The molecule has 0 aliphatic rings. The fourth-order valence-electron chi connectivity index (χ4n) is 0.725. The maximum absolute atomic E-state index is 10.6. The summed E-state index contributed by atoms with van der Waals surface area (Å²) in [5.74, 6) is 0.774. The second-order valence-corrected chi connectivity index (χ2v) is 4.54. The molecule has 0 aliphatic carbocycles. The number of hydrogen-bond acceptors (Lipinski definition) is 2. The molecule has 0 aromatic carbocycles. The van der Waals surface area contributed by atoms with Gasteiger partial charge >= 0.3 is 0 Å². The lowest BCUT2D eigenvalue weighted by Gasteiger charge is -2.02. The van der Waals surface area contributed by atoms with Gasteiger partial charge in [-0.25, -0.2) is 0 Å². The van der Waals surface area contributed by atoms with Gasteiger partial charge in [0.2, 0.25) is 0 Å². The van der Waals surface area contributed by atoms with E-state index in [1.54, 1.807) is 11.8 Å². The molecule has 0 bridgehead atoms. The van der Waals surface area contributed by atoms with Crippen molar-refractivity contribution >= 4 is 22.4 Å². The lowest BCUT2D eigenvalue weighted by molar-refractivity contribution is 0.676. The zero-order chi connectivity index (χ0) is 9.40. The van der Waals surface area contributed by atoms with Crippen molar-refractivity contribution in [1.29, 1.82) is 0 Å². The third-order valence-corrected chi connectivity index (χ3v) is 2.61. The molecular weight excluding hydrogens is 194 g/mol. The Kier molecular flexibility index (Phi) is 7.86. The van der Waals surface area contributed by atoms with Crippen molar-refractivity contribution in [1.82, 2.24) is 5.32 Å². The number of hydrogen-bond donors (Lipinski definition) is 1. The van der Waals surface area contributed by atoms with E-state index >= 15 is 0 Å². The topological polar surface area (TPSA) is 29.1 Å². The average Bonchev–Trinajstić information content (AvgIpc) is 2.03. The first-order valence-electron chi connectivity index (χ1n) is 3.93. The van der Waals surface area contributed by atoms with Crippen LogP contribution in [-0.4, -0.2) is 29.3 Å². The summed E-state index contributed by atoms with van der Waals surface area (Å²) in [5.41, 5.74) is 2.69. The molecule has 0 fully saturated rings. The van der Waals surface area contributed by atoms with Crippen molar-refractivity contribution < 1.29 is 4.21 Å². The summed E-state index contributed by atoms with van der Waals surface area (Å²) in [6, 6.07) is 0. The summed E-state index contributed by atoms with van der Waals surface area (Å²) in [7, 11) is -0.662. The van der Waals surface area contributed by atoms with E-state index in [4.69, 9.17) is 11.6 Å². The molecule has 4 heteroatoms. The second kappa shape index (κ2) is 7.77. The van der Waals surface area contributed by atoms with Gasteiger partial charge < -0.3 is 5.32 Å². The monoisotopic (exact) mass is 209 g/mol. The summed E-state index contributed by atoms with van der Waals surface area (Å²) in [5, 5.41) is 3.20. The van der Waals surface area contributed by atoms with Gasteiger partial charge in [-0.3, -0.25) is 4.21 Å². The molecule has 0 amide bonds. The SMILES string of the molecule is CC(=CCl)CNCCCS(C)=O. The zero-order valence-electron chi connectivity index (χ0n) is 7.60. The quantitative estimate of drug-likeness (QED) is 0.672. The Bertz CT molecular complexity index is 170. The largest absolute Gasteiger partial charge is 0.313 e. The van der Waals surface area contributed by atoms with E-state index in [0.29, 0.717) is 0 Å². The fraction of sp³-hybridized carbons (Fsp3) is 0.750. The van der Waals surface area contributed by atoms with Gasteiger partial charge in [-0.05, 0) is 25.5 Å². The normalized spacial score (nSPS) is 14.8. The van der Waals surface area contributed by atoms with Crippen molar-refractivity contribution in [3.05, 3.63) is 11.1 Å². The van der Waals surface area contributed by atoms with Crippen LogP contribution in [0.1, 0.15) is 13.3 Å². The maximum Gasteiger partial charge on any atom is 0.0244 e. The van der Waals surface area contributed by atoms with Crippen LogP contribution in [0.5, 0.6) is 0 Å². The van der Waals surface area contributed by atoms with Crippen LogP contribution in [0.4, 0.5) is 0 Å². The number of nitrogens with one attached hydrogen (secondary N) is 1. The summed E-state index contributed by atoms with van der Waals surface area (Å²) in [6.45, 7) is 3.69. The summed E-state index contributed by atoms with van der Waals surface area (Å²) in [4.78, 5) is 0. The highest BCUT2D eigenvalue weighted by Crippen LogP contribution is 1.92. The Labute approximate surface area is 81.8 Å². The van der Waals surface area contributed by atoms with E-state index in [1.807, 2.05) is 6.92 Å². The first kappa shape index (κ1) is 12.1. The minimum atomic E-state index is -0.662. The van der Waals surface area contributed by atoms with Crippen LogP contribution in [0.25, 0.3) is 0 Å². The summed E-state index contributed by atoms with van der Waals surface area (Å²) in [6.07, 6.45) is 2.68. The molecule has 0 aliphatic heterocycles. The summed E-state index contributed by atoms with van der Waals surface area (Å²) < 4.78 is 10.6. The number of halogens is 1. The molecule has 0 aromatic heterocycles. The molecule has 72 valence electrons. The molecule has 2 nitrogen and oxygen atoms in total. The van der Waals surface area contributed by atoms with Gasteiger partial charge in [-0.15, -0.1) is 0 Å². The van der Waals surface area contributed by atoms with Crippen molar-refractivity contribution in [2.45, 2.75) is 13.3 Å². The highest BCUT2D eigenvalue weighted by molar-refractivity contribution is 7.84. The van der Waals surface area contributed by atoms with Gasteiger partial charge in [0.25, 0.3) is 0 Å². The molecule has 0 radical (unpaired) electrons. The van der Waals surface area contributed by atoms with Gasteiger partial charge in [0, 0.05) is 34.9 Å². The Morgan fingerprint density at radius 3 is 2.83 bits per heavy atom. The molecule has 0 rings (SSSR count). The van der Waals surface area contributed by atoms with Crippen LogP contribution >= 0.6 is 11.6 Å². The molecule has 0 aromatic rings. The predicted molar refractivity (Wildman–Crippen MR) is 56.0 cm³/mol. The van der Waals surface area contributed by atoms with E-state index in [-0.39, 0.29) is 0 Å². The Hall–Kier alpha value is 0.140. The average molecular weight is 210 g/mol. The van der Waals surface area contributed by atoms with Crippen LogP contribution < -0.4 is 5.32 Å².